The van der Waals surface area contributed by atoms with E-state index in [1.54, 1.807) is 32.4 Å². The Hall–Kier alpha value is -3.00. The first-order valence-electron chi connectivity index (χ1n) is 8.60. The van der Waals surface area contributed by atoms with Crippen molar-refractivity contribution in [1.29, 1.82) is 0 Å². The molecular formula is C20H21N3O4S. The fourth-order valence-corrected chi connectivity index (χ4v) is 3.13. The standard InChI is InChI=1S/C20H21N3O4S/c1-13-6-4-5-7-15(13)11-21-18(24)12-28-20-23-22-19(27-20)14-8-9-16(25-2)17(10-14)26-3/h4-10H,11-12H2,1-3H3,(H,21,24). The lowest BCUT2D eigenvalue weighted by Gasteiger charge is -2.07. The van der Waals surface area contributed by atoms with Crippen molar-refractivity contribution in [2.45, 2.75) is 18.7 Å². The summed E-state index contributed by atoms with van der Waals surface area (Å²) in [7, 11) is 3.13. The number of thioether (sulfide) groups is 1. The Morgan fingerprint density at radius 2 is 1.89 bits per heavy atom. The summed E-state index contributed by atoms with van der Waals surface area (Å²) in [6, 6.07) is 13.3. The number of methoxy groups -OCH3 is 2. The van der Waals surface area contributed by atoms with Crippen molar-refractivity contribution in [3.8, 4) is 23.0 Å². The van der Waals surface area contributed by atoms with E-state index in [-0.39, 0.29) is 11.7 Å². The summed E-state index contributed by atoms with van der Waals surface area (Å²) in [5.74, 6) is 1.64. The third-order valence-corrected chi connectivity index (χ3v) is 4.92. The number of hydrogen-bond acceptors (Lipinski definition) is 7. The Kier molecular flexibility index (Phi) is 6.54. The predicted molar refractivity (Wildman–Crippen MR) is 107 cm³/mol. The molecule has 28 heavy (non-hydrogen) atoms. The number of aromatic nitrogens is 2. The summed E-state index contributed by atoms with van der Waals surface area (Å²) in [6.45, 7) is 2.51. The van der Waals surface area contributed by atoms with Gasteiger partial charge in [0.15, 0.2) is 11.5 Å². The van der Waals surface area contributed by atoms with E-state index in [0.29, 0.717) is 34.7 Å². The summed E-state index contributed by atoms with van der Waals surface area (Å²) >= 11 is 1.19. The monoisotopic (exact) mass is 399 g/mol. The highest BCUT2D eigenvalue weighted by molar-refractivity contribution is 7.99. The summed E-state index contributed by atoms with van der Waals surface area (Å²) in [5, 5.41) is 11.2. The molecule has 3 aromatic rings. The Balaban J connectivity index is 1.56. The van der Waals surface area contributed by atoms with E-state index in [2.05, 4.69) is 15.5 Å². The molecule has 0 bridgehead atoms. The summed E-state index contributed by atoms with van der Waals surface area (Å²) in [6.07, 6.45) is 0. The summed E-state index contributed by atoms with van der Waals surface area (Å²) in [4.78, 5) is 12.1. The lowest BCUT2D eigenvalue weighted by atomic mass is 10.1. The van der Waals surface area contributed by atoms with Gasteiger partial charge in [-0.1, -0.05) is 36.0 Å². The third kappa shape index (κ3) is 4.83. The molecule has 2 aromatic carbocycles. The average molecular weight is 399 g/mol. The molecule has 0 fully saturated rings. The number of ether oxygens (including phenoxy) is 2. The zero-order chi connectivity index (χ0) is 19.9. The van der Waals surface area contributed by atoms with Crippen LogP contribution in [0.3, 0.4) is 0 Å². The molecule has 0 atom stereocenters. The second-order valence-corrected chi connectivity index (χ2v) is 6.86. The maximum atomic E-state index is 12.1. The topological polar surface area (TPSA) is 86.5 Å². The molecule has 0 saturated carbocycles. The first kappa shape index (κ1) is 19.8. The van der Waals surface area contributed by atoms with E-state index in [1.807, 2.05) is 31.2 Å². The number of amides is 1. The minimum absolute atomic E-state index is 0.0980. The molecular weight excluding hydrogens is 378 g/mol. The molecule has 0 unspecified atom stereocenters. The Morgan fingerprint density at radius 3 is 2.64 bits per heavy atom. The van der Waals surface area contributed by atoms with Crippen molar-refractivity contribution < 1.29 is 18.7 Å². The molecule has 0 saturated heterocycles. The van der Waals surface area contributed by atoms with E-state index in [0.717, 1.165) is 11.1 Å². The molecule has 0 aliphatic carbocycles. The van der Waals surface area contributed by atoms with E-state index in [9.17, 15) is 4.79 Å². The quantitative estimate of drug-likeness (QED) is 0.580. The normalized spacial score (nSPS) is 10.5. The van der Waals surface area contributed by atoms with Crippen molar-refractivity contribution in [3.05, 3.63) is 53.6 Å². The SMILES string of the molecule is COc1ccc(-c2nnc(SCC(=O)NCc3ccccc3C)o2)cc1OC. The van der Waals surface area contributed by atoms with E-state index < -0.39 is 0 Å². The number of carbonyl (C=O) groups is 1. The Labute approximate surface area is 167 Å². The van der Waals surface area contributed by atoms with Crippen LogP contribution in [0.15, 0.2) is 52.1 Å². The van der Waals surface area contributed by atoms with Crippen molar-refractivity contribution in [2.24, 2.45) is 0 Å². The third-order valence-electron chi connectivity index (χ3n) is 4.10. The van der Waals surface area contributed by atoms with Crippen LogP contribution in [0.1, 0.15) is 11.1 Å². The van der Waals surface area contributed by atoms with Crippen LogP contribution in [-0.2, 0) is 11.3 Å². The molecule has 0 aliphatic rings. The van der Waals surface area contributed by atoms with Crippen LogP contribution in [0.5, 0.6) is 11.5 Å². The second kappa shape index (κ2) is 9.27. The largest absolute Gasteiger partial charge is 0.493 e. The molecule has 8 heteroatoms. The molecule has 1 amide bonds. The zero-order valence-electron chi connectivity index (χ0n) is 15.9. The lowest BCUT2D eigenvalue weighted by Crippen LogP contribution is -2.24. The highest BCUT2D eigenvalue weighted by atomic mass is 32.2. The number of nitrogens with zero attached hydrogens (tertiary/aromatic N) is 2. The van der Waals surface area contributed by atoms with Crippen molar-refractivity contribution in [2.75, 3.05) is 20.0 Å². The number of carbonyl (C=O) groups excluding carboxylic acids is 1. The first-order valence-corrected chi connectivity index (χ1v) is 9.59. The van der Waals surface area contributed by atoms with Crippen LogP contribution < -0.4 is 14.8 Å². The van der Waals surface area contributed by atoms with Crippen LogP contribution in [0.25, 0.3) is 11.5 Å². The lowest BCUT2D eigenvalue weighted by molar-refractivity contribution is -0.118. The van der Waals surface area contributed by atoms with Gasteiger partial charge in [0.05, 0.1) is 20.0 Å². The van der Waals surface area contributed by atoms with Crippen LogP contribution in [0, 0.1) is 6.92 Å². The van der Waals surface area contributed by atoms with Gasteiger partial charge in [-0.15, -0.1) is 10.2 Å². The van der Waals surface area contributed by atoms with Gasteiger partial charge >= 0.3 is 0 Å². The fraction of sp³-hybridized carbons (Fsp3) is 0.250. The average Bonchev–Trinajstić information content (AvgIpc) is 3.20. The van der Waals surface area contributed by atoms with Gasteiger partial charge in [0.1, 0.15) is 0 Å². The molecule has 0 radical (unpaired) electrons. The van der Waals surface area contributed by atoms with Crippen LogP contribution in [0.2, 0.25) is 0 Å². The van der Waals surface area contributed by atoms with Crippen molar-refractivity contribution in [3.63, 3.8) is 0 Å². The molecule has 1 N–H and O–H groups in total. The smallest absolute Gasteiger partial charge is 0.277 e. The molecule has 7 nitrogen and oxygen atoms in total. The summed E-state index contributed by atoms with van der Waals surface area (Å²) < 4.78 is 16.1. The molecule has 0 aliphatic heterocycles. The van der Waals surface area contributed by atoms with Gasteiger partial charge in [0.2, 0.25) is 11.8 Å². The predicted octanol–water partition coefficient (Wildman–Crippen LogP) is 3.47. The molecule has 3 rings (SSSR count). The zero-order valence-corrected chi connectivity index (χ0v) is 16.7. The minimum Gasteiger partial charge on any atom is -0.493 e. The highest BCUT2D eigenvalue weighted by Crippen LogP contribution is 2.32. The number of benzene rings is 2. The van der Waals surface area contributed by atoms with Gasteiger partial charge in [0.25, 0.3) is 5.22 Å². The Morgan fingerprint density at radius 1 is 1.11 bits per heavy atom. The number of hydrogen-bond donors (Lipinski definition) is 1. The van der Waals surface area contributed by atoms with Crippen LogP contribution >= 0.6 is 11.8 Å². The van der Waals surface area contributed by atoms with Crippen molar-refractivity contribution in [1.82, 2.24) is 15.5 Å². The fourth-order valence-electron chi connectivity index (χ4n) is 2.53. The first-order chi connectivity index (χ1) is 13.6. The number of nitrogens with one attached hydrogen (secondary N) is 1. The maximum absolute atomic E-state index is 12.1. The minimum atomic E-state index is -0.0980. The van der Waals surface area contributed by atoms with Gasteiger partial charge in [-0.3, -0.25) is 4.79 Å². The van der Waals surface area contributed by atoms with Crippen LogP contribution in [-0.4, -0.2) is 36.1 Å². The van der Waals surface area contributed by atoms with Gasteiger partial charge in [-0.05, 0) is 36.2 Å². The van der Waals surface area contributed by atoms with E-state index >= 15 is 0 Å². The molecule has 0 spiro atoms. The van der Waals surface area contributed by atoms with E-state index in [1.165, 1.54) is 11.8 Å². The van der Waals surface area contributed by atoms with Gasteiger partial charge < -0.3 is 19.2 Å². The number of aryl methyl sites for hydroxylation is 1. The van der Waals surface area contributed by atoms with Gasteiger partial charge in [-0.2, -0.15) is 0 Å². The molecule has 1 aromatic heterocycles. The molecule has 146 valence electrons. The Bertz CT molecular complexity index is 958. The number of rotatable bonds is 8. The van der Waals surface area contributed by atoms with Gasteiger partial charge in [0, 0.05) is 12.1 Å². The van der Waals surface area contributed by atoms with Crippen LogP contribution in [0.4, 0.5) is 0 Å². The van der Waals surface area contributed by atoms with Crippen molar-refractivity contribution >= 4 is 17.7 Å². The van der Waals surface area contributed by atoms with E-state index in [4.69, 9.17) is 13.9 Å². The maximum Gasteiger partial charge on any atom is 0.277 e. The molecule has 1 heterocycles. The van der Waals surface area contributed by atoms with Gasteiger partial charge in [-0.25, -0.2) is 0 Å². The summed E-state index contributed by atoms with van der Waals surface area (Å²) in [5.41, 5.74) is 2.95. The highest BCUT2D eigenvalue weighted by Gasteiger charge is 2.14. The second-order valence-electron chi connectivity index (χ2n) is 5.93.